The minimum atomic E-state index is -0.940. The Bertz CT molecular complexity index is 689. The van der Waals surface area contributed by atoms with Gasteiger partial charge < -0.3 is 15.8 Å². The van der Waals surface area contributed by atoms with Gasteiger partial charge in [-0.3, -0.25) is 4.79 Å². The molecule has 1 aliphatic carbocycles. The second-order valence-electron chi connectivity index (χ2n) is 6.05. The van der Waals surface area contributed by atoms with Crippen molar-refractivity contribution in [3.63, 3.8) is 0 Å². The molecule has 7 heteroatoms. The van der Waals surface area contributed by atoms with Gasteiger partial charge in [0.1, 0.15) is 0 Å². The maximum atomic E-state index is 12.2. The summed E-state index contributed by atoms with van der Waals surface area (Å²) in [6, 6.07) is 2.80. The number of benzene rings is 1. The summed E-state index contributed by atoms with van der Waals surface area (Å²) in [6.07, 6.45) is 6.77. The van der Waals surface area contributed by atoms with Crippen LogP contribution in [0.15, 0.2) is 23.8 Å². The average molecular weight is 385 g/mol. The molecule has 0 spiro atoms. The Morgan fingerprint density at radius 1 is 1.32 bits per heavy atom. The molecule has 1 amide bonds. The standard InChI is InChI=1S/C18H22Cl2N2O3/c1-11(17(23)22-8-7-12-5-3-2-4-6-12)25-18(24)14-9-13(19)10-15(20)16(14)21/h5,9-11H,2-4,6-8,21H2,1H3,(H,22,23). The number of ether oxygens (including phenoxy) is 1. The van der Waals surface area contributed by atoms with Gasteiger partial charge in [0, 0.05) is 11.6 Å². The van der Waals surface area contributed by atoms with Crippen LogP contribution in [0.3, 0.4) is 0 Å². The molecular weight excluding hydrogens is 363 g/mol. The molecule has 2 rings (SSSR count). The van der Waals surface area contributed by atoms with Gasteiger partial charge in [-0.15, -0.1) is 0 Å². The highest BCUT2D eigenvalue weighted by Gasteiger charge is 2.21. The van der Waals surface area contributed by atoms with Crippen molar-refractivity contribution in [2.24, 2.45) is 0 Å². The first kappa shape index (κ1) is 19.6. The number of allylic oxidation sites excluding steroid dienone is 1. The van der Waals surface area contributed by atoms with Crippen LogP contribution in [0.4, 0.5) is 5.69 Å². The molecule has 5 nitrogen and oxygen atoms in total. The van der Waals surface area contributed by atoms with E-state index >= 15 is 0 Å². The molecule has 1 aliphatic rings. The Hall–Kier alpha value is -1.72. The van der Waals surface area contributed by atoms with Gasteiger partial charge in [-0.1, -0.05) is 34.9 Å². The Balaban J connectivity index is 1.86. The zero-order valence-corrected chi connectivity index (χ0v) is 15.6. The SMILES string of the molecule is CC(OC(=O)c1cc(Cl)cc(Cl)c1N)C(=O)NCCC1=CCCCC1. The molecule has 136 valence electrons. The maximum absolute atomic E-state index is 12.2. The van der Waals surface area contributed by atoms with Crippen LogP contribution in [0.1, 0.15) is 49.4 Å². The maximum Gasteiger partial charge on any atom is 0.341 e. The predicted molar refractivity (Wildman–Crippen MR) is 99.9 cm³/mol. The lowest BCUT2D eigenvalue weighted by molar-refractivity contribution is -0.129. The number of halogens is 2. The molecule has 0 heterocycles. The second-order valence-corrected chi connectivity index (χ2v) is 6.89. The summed E-state index contributed by atoms with van der Waals surface area (Å²) in [4.78, 5) is 24.3. The van der Waals surface area contributed by atoms with Gasteiger partial charge in [0.15, 0.2) is 6.10 Å². The van der Waals surface area contributed by atoms with Gasteiger partial charge in [0.25, 0.3) is 5.91 Å². The van der Waals surface area contributed by atoms with Gasteiger partial charge in [0.2, 0.25) is 0 Å². The Morgan fingerprint density at radius 3 is 2.76 bits per heavy atom. The van der Waals surface area contributed by atoms with E-state index in [1.54, 1.807) is 0 Å². The van der Waals surface area contributed by atoms with Crippen LogP contribution < -0.4 is 11.1 Å². The third-order valence-electron chi connectivity index (χ3n) is 4.10. The summed E-state index contributed by atoms with van der Waals surface area (Å²) in [6.45, 7) is 2.03. The van der Waals surface area contributed by atoms with Crippen LogP contribution in [-0.2, 0) is 9.53 Å². The highest BCUT2D eigenvalue weighted by molar-refractivity contribution is 6.37. The third kappa shape index (κ3) is 5.65. The number of nitrogens with one attached hydrogen (secondary N) is 1. The van der Waals surface area contributed by atoms with Crippen molar-refractivity contribution in [2.45, 2.75) is 45.1 Å². The van der Waals surface area contributed by atoms with E-state index in [4.69, 9.17) is 33.7 Å². The van der Waals surface area contributed by atoms with Gasteiger partial charge in [-0.2, -0.15) is 0 Å². The normalized spacial score (nSPS) is 15.2. The number of hydrogen-bond acceptors (Lipinski definition) is 4. The molecule has 25 heavy (non-hydrogen) atoms. The van der Waals surface area contributed by atoms with Crippen LogP contribution in [0.25, 0.3) is 0 Å². The number of nitrogen functional groups attached to an aromatic ring is 1. The fraction of sp³-hybridized carbons (Fsp3) is 0.444. The lowest BCUT2D eigenvalue weighted by Gasteiger charge is -2.16. The molecule has 0 radical (unpaired) electrons. The van der Waals surface area contributed by atoms with Crippen molar-refractivity contribution in [1.29, 1.82) is 0 Å². The van der Waals surface area contributed by atoms with Crippen molar-refractivity contribution in [3.05, 3.63) is 39.4 Å². The minimum absolute atomic E-state index is 0.0458. The molecule has 1 aromatic rings. The monoisotopic (exact) mass is 384 g/mol. The number of amides is 1. The minimum Gasteiger partial charge on any atom is -0.449 e. The fourth-order valence-corrected chi connectivity index (χ4v) is 3.15. The summed E-state index contributed by atoms with van der Waals surface area (Å²) < 4.78 is 5.17. The van der Waals surface area contributed by atoms with Crippen LogP contribution in [-0.4, -0.2) is 24.5 Å². The van der Waals surface area contributed by atoms with Crippen LogP contribution in [0.5, 0.6) is 0 Å². The lowest BCUT2D eigenvalue weighted by Crippen LogP contribution is -2.36. The Kier molecular flexibility index (Phi) is 7.14. The molecule has 1 unspecified atom stereocenters. The summed E-state index contributed by atoms with van der Waals surface area (Å²) in [5, 5.41) is 3.22. The summed E-state index contributed by atoms with van der Waals surface area (Å²) in [5.74, 6) is -1.09. The van der Waals surface area contributed by atoms with Gasteiger partial charge >= 0.3 is 5.97 Å². The van der Waals surface area contributed by atoms with Crippen molar-refractivity contribution >= 4 is 40.8 Å². The zero-order valence-electron chi connectivity index (χ0n) is 14.1. The summed E-state index contributed by atoms with van der Waals surface area (Å²) in [5.41, 5.74) is 7.26. The first-order valence-electron chi connectivity index (χ1n) is 8.29. The third-order valence-corrected chi connectivity index (χ3v) is 4.63. The van der Waals surface area contributed by atoms with E-state index in [0.717, 1.165) is 19.3 Å². The lowest BCUT2D eigenvalue weighted by atomic mass is 9.97. The van der Waals surface area contributed by atoms with E-state index in [9.17, 15) is 9.59 Å². The largest absolute Gasteiger partial charge is 0.449 e. The topological polar surface area (TPSA) is 81.4 Å². The number of anilines is 1. The Labute approximate surface area is 157 Å². The van der Waals surface area contributed by atoms with E-state index in [0.29, 0.717) is 6.54 Å². The number of nitrogens with two attached hydrogens (primary N) is 1. The average Bonchev–Trinajstić information content (AvgIpc) is 2.58. The molecule has 1 atom stereocenters. The molecule has 0 aromatic heterocycles. The number of esters is 1. The van der Waals surface area contributed by atoms with E-state index in [1.165, 1.54) is 37.5 Å². The molecule has 1 aromatic carbocycles. The van der Waals surface area contributed by atoms with E-state index < -0.39 is 12.1 Å². The van der Waals surface area contributed by atoms with Gasteiger partial charge in [-0.25, -0.2) is 4.79 Å². The fourth-order valence-electron chi connectivity index (χ4n) is 2.65. The second kappa shape index (κ2) is 9.11. The zero-order chi connectivity index (χ0) is 18.4. The molecular formula is C18H22Cl2N2O3. The predicted octanol–water partition coefficient (Wildman–Crippen LogP) is 4.13. The van der Waals surface area contributed by atoms with Crippen molar-refractivity contribution in [3.8, 4) is 0 Å². The van der Waals surface area contributed by atoms with Gasteiger partial charge in [0.05, 0.1) is 16.3 Å². The van der Waals surface area contributed by atoms with Gasteiger partial charge in [-0.05, 0) is 51.2 Å². The van der Waals surface area contributed by atoms with E-state index in [1.807, 2.05) is 0 Å². The number of carbonyl (C=O) groups excluding carboxylic acids is 2. The van der Waals surface area contributed by atoms with Crippen LogP contribution in [0.2, 0.25) is 10.0 Å². The van der Waals surface area contributed by atoms with Crippen molar-refractivity contribution < 1.29 is 14.3 Å². The molecule has 3 N–H and O–H groups in total. The number of hydrogen-bond donors (Lipinski definition) is 2. The van der Waals surface area contributed by atoms with Crippen LogP contribution in [0, 0.1) is 0 Å². The number of carbonyl (C=O) groups is 2. The van der Waals surface area contributed by atoms with E-state index in [2.05, 4.69) is 11.4 Å². The Morgan fingerprint density at radius 2 is 2.08 bits per heavy atom. The number of rotatable bonds is 6. The summed E-state index contributed by atoms with van der Waals surface area (Å²) in [7, 11) is 0. The molecule has 0 saturated heterocycles. The first-order chi connectivity index (χ1) is 11.9. The first-order valence-corrected chi connectivity index (χ1v) is 9.05. The van der Waals surface area contributed by atoms with Crippen molar-refractivity contribution in [1.82, 2.24) is 5.32 Å². The molecule has 0 saturated carbocycles. The van der Waals surface area contributed by atoms with Crippen molar-refractivity contribution in [2.75, 3.05) is 12.3 Å². The smallest absolute Gasteiger partial charge is 0.341 e. The quantitative estimate of drug-likeness (QED) is 0.438. The summed E-state index contributed by atoms with van der Waals surface area (Å²) >= 11 is 11.8. The van der Waals surface area contributed by atoms with Crippen LogP contribution >= 0.6 is 23.2 Å². The van der Waals surface area contributed by atoms with E-state index in [-0.39, 0.29) is 27.2 Å². The highest BCUT2D eigenvalue weighted by atomic mass is 35.5. The molecule has 0 bridgehead atoms. The molecule has 0 fully saturated rings. The molecule has 0 aliphatic heterocycles. The highest BCUT2D eigenvalue weighted by Crippen LogP contribution is 2.28.